The molecule has 136 valence electrons. The second-order valence-corrected chi connectivity index (χ2v) is 6.01. The van der Waals surface area contributed by atoms with Crippen molar-refractivity contribution in [3.05, 3.63) is 90.0 Å². The number of para-hydroxylation sites is 1. The van der Waals surface area contributed by atoms with Crippen molar-refractivity contribution in [1.82, 2.24) is 0 Å². The maximum Gasteiger partial charge on any atom is 0.255 e. The molecule has 3 rings (SSSR count). The van der Waals surface area contributed by atoms with Crippen molar-refractivity contribution in [2.45, 2.75) is 13.5 Å². The topological polar surface area (TPSA) is 67.4 Å². The zero-order valence-electron chi connectivity index (χ0n) is 14.9. The van der Waals surface area contributed by atoms with Gasteiger partial charge in [-0.2, -0.15) is 0 Å². The molecule has 2 amide bonds. The molecule has 0 saturated carbocycles. The van der Waals surface area contributed by atoms with Gasteiger partial charge in [0.25, 0.3) is 5.91 Å². The van der Waals surface area contributed by atoms with Crippen LogP contribution in [-0.4, -0.2) is 11.8 Å². The largest absolute Gasteiger partial charge is 0.489 e. The van der Waals surface area contributed by atoms with Crippen molar-refractivity contribution in [3.63, 3.8) is 0 Å². The summed E-state index contributed by atoms with van der Waals surface area (Å²) in [6.07, 6.45) is 0. The Hall–Kier alpha value is -3.60. The maximum absolute atomic E-state index is 12.4. The second kappa shape index (κ2) is 8.67. The van der Waals surface area contributed by atoms with Gasteiger partial charge in [0.05, 0.1) is 0 Å². The van der Waals surface area contributed by atoms with Crippen molar-refractivity contribution in [2.24, 2.45) is 0 Å². The van der Waals surface area contributed by atoms with Crippen LogP contribution < -0.4 is 15.4 Å². The average molecular weight is 360 g/mol. The molecule has 5 nitrogen and oxygen atoms in total. The van der Waals surface area contributed by atoms with Gasteiger partial charge in [0, 0.05) is 23.9 Å². The summed E-state index contributed by atoms with van der Waals surface area (Å²) in [5.41, 5.74) is 2.93. The van der Waals surface area contributed by atoms with E-state index in [2.05, 4.69) is 10.6 Å². The van der Waals surface area contributed by atoms with Gasteiger partial charge >= 0.3 is 0 Å². The number of amides is 2. The van der Waals surface area contributed by atoms with Crippen LogP contribution in [0, 0.1) is 0 Å². The van der Waals surface area contributed by atoms with Gasteiger partial charge in [-0.3, -0.25) is 9.59 Å². The molecule has 0 radical (unpaired) electrons. The minimum absolute atomic E-state index is 0.116. The molecule has 3 aromatic rings. The third-order valence-corrected chi connectivity index (χ3v) is 3.80. The Labute approximate surface area is 158 Å². The minimum Gasteiger partial charge on any atom is -0.489 e. The highest BCUT2D eigenvalue weighted by atomic mass is 16.5. The van der Waals surface area contributed by atoms with Gasteiger partial charge in [-0.1, -0.05) is 30.3 Å². The van der Waals surface area contributed by atoms with E-state index in [4.69, 9.17) is 4.74 Å². The van der Waals surface area contributed by atoms with Crippen LogP contribution >= 0.6 is 0 Å². The lowest BCUT2D eigenvalue weighted by Gasteiger charge is -2.09. The first-order valence-corrected chi connectivity index (χ1v) is 8.56. The maximum atomic E-state index is 12.4. The summed E-state index contributed by atoms with van der Waals surface area (Å²) in [5, 5.41) is 5.57. The van der Waals surface area contributed by atoms with Gasteiger partial charge < -0.3 is 15.4 Å². The van der Waals surface area contributed by atoms with E-state index < -0.39 is 0 Å². The fraction of sp³-hybridized carbons (Fsp3) is 0.0909. The molecule has 0 atom stereocenters. The average Bonchev–Trinajstić information content (AvgIpc) is 2.68. The Bertz CT molecular complexity index is 922. The first-order chi connectivity index (χ1) is 13.1. The van der Waals surface area contributed by atoms with Crippen molar-refractivity contribution in [1.29, 1.82) is 0 Å². The molecule has 0 aliphatic rings. The summed E-state index contributed by atoms with van der Waals surface area (Å²) < 4.78 is 5.76. The van der Waals surface area contributed by atoms with E-state index in [1.807, 2.05) is 48.5 Å². The highest BCUT2D eigenvalue weighted by Gasteiger charge is 2.07. The van der Waals surface area contributed by atoms with E-state index in [9.17, 15) is 9.59 Å². The Morgan fingerprint density at radius 1 is 0.815 bits per heavy atom. The molecular formula is C22H20N2O3. The fourth-order valence-electron chi connectivity index (χ4n) is 2.53. The summed E-state index contributed by atoms with van der Waals surface area (Å²) in [5.74, 6) is 0.403. The highest BCUT2D eigenvalue weighted by molar-refractivity contribution is 6.04. The monoisotopic (exact) mass is 360 g/mol. The van der Waals surface area contributed by atoms with Crippen molar-refractivity contribution in [3.8, 4) is 5.75 Å². The predicted molar refractivity (Wildman–Crippen MR) is 106 cm³/mol. The lowest BCUT2D eigenvalue weighted by atomic mass is 10.1. The summed E-state index contributed by atoms with van der Waals surface area (Å²) in [6.45, 7) is 1.80. The van der Waals surface area contributed by atoms with E-state index >= 15 is 0 Å². The number of hydrogen-bond donors (Lipinski definition) is 2. The lowest BCUT2D eigenvalue weighted by Crippen LogP contribution is -2.12. The van der Waals surface area contributed by atoms with Crippen LogP contribution in [0.3, 0.4) is 0 Å². The van der Waals surface area contributed by atoms with Crippen molar-refractivity contribution >= 4 is 23.2 Å². The quantitative estimate of drug-likeness (QED) is 0.681. The number of hydrogen-bond acceptors (Lipinski definition) is 3. The fourth-order valence-corrected chi connectivity index (χ4v) is 2.53. The van der Waals surface area contributed by atoms with Gasteiger partial charge in [-0.15, -0.1) is 0 Å². The third kappa shape index (κ3) is 5.44. The number of rotatable bonds is 6. The normalized spacial score (nSPS) is 10.1. The number of anilines is 2. The Morgan fingerprint density at radius 2 is 1.52 bits per heavy atom. The summed E-state index contributed by atoms with van der Waals surface area (Å²) in [7, 11) is 0. The lowest BCUT2D eigenvalue weighted by molar-refractivity contribution is -0.114. The minimum atomic E-state index is -0.164. The number of carbonyl (C=O) groups is 2. The molecule has 0 spiro atoms. The van der Waals surface area contributed by atoms with Gasteiger partial charge in [-0.05, 0) is 54.1 Å². The number of benzene rings is 3. The molecule has 0 bridgehead atoms. The molecule has 0 aromatic heterocycles. The zero-order chi connectivity index (χ0) is 19.1. The molecule has 0 saturated heterocycles. The molecule has 0 aliphatic heterocycles. The van der Waals surface area contributed by atoms with E-state index in [0.29, 0.717) is 17.9 Å². The first-order valence-electron chi connectivity index (χ1n) is 8.56. The van der Waals surface area contributed by atoms with Crippen LogP contribution in [0.5, 0.6) is 5.75 Å². The van der Waals surface area contributed by atoms with Gasteiger partial charge in [0.15, 0.2) is 0 Å². The summed E-state index contributed by atoms with van der Waals surface area (Å²) >= 11 is 0. The van der Waals surface area contributed by atoms with Crippen LogP contribution in [0.1, 0.15) is 22.8 Å². The van der Waals surface area contributed by atoms with E-state index in [1.165, 1.54) is 6.92 Å². The molecule has 0 heterocycles. The van der Waals surface area contributed by atoms with Gasteiger partial charge in [0.2, 0.25) is 5.91 Å². The van der Waals surface area contributed by atoms with Gasteiger partial charge in [-0.25, -0.2) is 0 Å². The molecule has 5 heteroatoms. The summed E-state index contributed by atoms with van der Waals surface area (Å²) in [4.78, 5) is 23.4. The standard InChI is InChI=1S/C22H20N2O3/c1-16(25)23-20-10-12-21(13-11-20)27-15-17-6-5-7-18(14-17)22(26)24-19-8-3-2-4-9-19/h2-14H,15H2,1H3,(H,23,25)(H,24,26). The Kier molecular flexibility index (Phi) is 5.84. The molecule has 27 heavy (non-hydrogen) atoms. The number of ether oxygens (including phenoxy) is 1. The van der Waals surface area contributed by atoms with E-state index in [-0.39, 0.29) is 11.8 Å². The smallest absolute Gasteiger partial charge is 0.255 e. The van der Waals surface area contributed by atoms with Crippen LogP contribution in [0.15, 0.2) is 78.9 Å². The second-order valence-electron chi connectivity index (χ2n) is 6.01. The van der Waals surface area contributed by atoms with Gasteiger partial charge in [0.1, 0.15) is 12.4 Å². The van der Waals surface area contributed by atoms with Crippen LogP contribution in [-0.2, 0) is 11.4 Å². The molecule has 0 fully saturated rings. The molecule has 0 aliphatic carbocycles. The van der Waals surface area contributed by atoms with Crippen LogP contribution in [0.2, 0.25) is 0 Å². The molecule has 0 unspecified atom stereocenters. The summed E-state index contributed by atoms with van der Waals surface area (Å²) in [6, 6.07) is 23.8. The zero-order valence-corrected chi connectivity index (χ0v) is 14.9. The van der Waals surface area contributed by atoms with Crippen LogP contribution in [0.4, 0.5) is 11.4 Å². The molecule has 3 aromatic carbocycles. The highest BCUT2D eigenvalue weighted by Crippen LogP contribution is 2.18. The van der Waals surface area contributed by atoms with E-state index in [0.717, 1.165) is 16.9 Å². The predicted octanol–water partition coefficient (Wildman–Crippen LogP) is 4.48. The first kappa shape index (κ1) is 18.2. The van der Waals surface area contributed by atoms with Crippen LogP contribution in [0.25, 0.3) is 0 Å². The third-order valence-electron chi connectivity index (χ3n) is 3.80. The van der Waals surface area contributed by atoms with E-state index in [1.54, 1.807) is 30.3 Å². The number of nitrogens with one attached hydrogen (secondary N) is 2. The van der Waals surface area contributed by atoms with Crippen molar-refractivity contribution < 1.29 is 14.3 Å². The van der Waals surface area contributed by atoms with Crippen molar-refractivity contribution in [2.75, 3.05) is 10.6 Å². The Balaban J connectivity index is 1.60. The molecule has 2 N–H and O–H groups in total. The molecular weight excluding hydrogens is 340 g/mol. The Morgan fingerprint density at radius 3 is 2.22 bits per heavy atom. The number of carbonyl (C=O) groups excluding carboxylic acids is 2. The SMILES string of the molecule is CC(=O)Nc1ccc(OCc2cccc(C(=O)Nc3ccccc3)c2)cc1.